The number of hydrogen-bond donors (Lipinski definition) is 2. The molecular formula is C35H44B2N2. The monoisotopic (exact) mass is 514 g/mol. The Hall–Kier alpha value is -3.07. The molecule has 4 N–H and O–H groups in total. The van der Waals surface area contributed by atoms with E-state index < -0.39 is 10.9 Å². The van der Waals surface area contributed by atoms with Crippen LogP contribution in [-0.2, 0) is 10.9 Å². The molecule has 4 aromatic rings. The summed E-state index contributed by atoms with van der Waals surface area (Å²) in [4.78, 5) is 0. The van der Waals surface area contributed by atoms with E-state index in [0.717, 1.165) is 27.2 Å². The maximum absolute atomic E-state index is 7.21. The quantitative estimate of drug-likeness (QED) is 0.161. The highest BCUT2D eigenvalue weighted by molar-refractivity contribution is 6.41. The SMILES string of the molecule is Cc1cccc(C(N)(BCCCCCBC(N)(c2cccc(C)c2)c2cccc(C)c2)c2cccc(C)c2)c1. The van der Waals surface area contributed by atoms with Gasteiger partial charge in [-0.15, -0.1) is 0 Å². The van der Waals surface area contributed by atoms with Gasteiger partial charge in [0.15, 0.2) is 14.6 Å². The van der Waals surface area contributed by atoms with Crippen LogP contribution in [0.25, 0.3) is 0 Å². The largest absolute Gasteiger partial charge is 0.325 e. The second kappa shape index (κ2) is 12.9. The Morgan fingerprint density at radius 1 is 0.462 bits per heavy atom. The highest BCUT2D eigenvalue weighted by Gasteiger charge is 2.31. The number of nitrogens with two attached hydrogens (primary N) is 2. The minimum absolute atomic E-state index is 0.471. The van der Waals surface area contributed by atoms with Crippen molar-refractivity contribution in [1.82, 2.24) is 0 Å². The van der Waals surface area contributed by atoms with E-state index in [1.165, 1.54) is 63.8 Å². The summed E-state index contributed by atoms with van der Waals surface area (Å²) in [7, 11) is 1.88. The molecule has 0 fully saturated rings. The van der Waals surface area contributed by atoms with Gasteiger partial charge in [-0.1, -0.05) is 151 Å². The van der Waals surface area contributed by atoms with E-state index in [2.05, 4.69) is 125 Å². The first-order valence-corrected chi connectivity index (χ1v) is 14.6. The summed E-state index contributed by atoms with van der Waals surface area (Å²) in [5.74, 6) is 0. The van der Waals surface area contributed by atoms with Crippen LogP contribution in [0.15, 0.2) is 97.1 Å². The average molecular weight is 514 g/mol. The lowest BCUT2D eigenvalue weighted by Crippen LogP contribution is -2.44. The molecule has 0 amide bonds. The number of unbranched alkanes of at least 4 members (excludes halogenated alkanes) is 2. The Balaban J connectivity index is 1.38. The lowest BCUT2D eigenvalue weighted by atomic mass is 9.49. The smallest absolute Gasteiger partial charge is 0.157 e. The molecule has 0 bridgehead atoms. The van der Waals surface area contributed by atoms with Gasteiger partial charge >= 0.3 is 0 Å². The van der Waals surface area contributed by atoms with Gasteiger partial charge in [0.1, 0.15) is 0 Å². The van der Waals surface area contributed by atoms with E-state index in [-0.39, 0.29) is 0 Å². The first kappa shape index (κ1) is 28.9. The zero-order valence-electron chi connectivity index (χ0n) is 24.3. The lowest BCUT2D eigenvalue weighted by Gasteiger charge is -2.31. The van der Waals surface area contributed by atoms with Gasteiger partial charge in [0.2, 0.25) is 0 Å². The van der Waals surface area contributed by atoms with Crippen LogP contribution in [0.4, 0.5) is 0 Å². The fourth-order valence-electron chi connectivity index (χ4n) is 5.94. The molecule has 4 heteroatoms. The molecule has 200 valence electrons. The van der Waals surface area contributed by atoms with Gasteiger partial charge in [0, 0.05) is 10.9 Å². The van der Waals surface area contributed by atoms with Gasteiger partial charge < -0.3 is 11.5 Å². The third kappa shape index (κ3) is 7.12. The summed E-state index contributed by atoms with van der Waals surface area (Å²) in [6, 6.07) is 34.8. The molecule has 39 heavy (non-hydrogen) atoms. The van der Waals surface area contributed by atoms with Crippen molar-refractivity contribution >= 4 is 14.6 Å². The Labute approximate surface area is 237 Å². The van der Waals surface area contributed by atoms with Crippen molar-refractivity contribution in [1.29, 1.82) is 0 Å². The molecule has 0 radical (unpaired) electrons. The van der Waals surface area contributed by atoms with Crippen LogP contribution in [0, 0.1) is 27.7 Å². The predicted octanol–water partition coefficient (Wildman–Crippen LogP) is 6.82. The highest BCUT2D eigenvalue weighted by atomic mass is 14.7. The molecule has 0 heterocycles. The third-order valence-corrected chi connectivity index (χ3v) is 8.28. The number of aryl methyl sites for hydroxylation is 4. The van der Waals surface area contributed by atoms with Crippen LogP contribution in [0.2, 0.25) is 12.6 Å². The van der Waals surface area contributed by atoms with E-state index >= 15 is 0 Å². The van der Waals surface area contributed by atoms with Gasteiger partial charge in [-0.25, -0.2) is 0 Å². The van der Waals surface area contributed by atoms with Crippen LogP contribution in [0.3, 0.4) is 0 Å². The van der Waals surface area contributed by atoms with E-state index in [0.29, 0.717) is 0 Å². The van der Waals surface area contributed by atoms with Crippen LogP contribution < -0.4 is 11.5 Å². The zero-order valence-corrected chi connectivity index (χ0v) is 24.3. The summed E-state index contributed by atoms with van der Waals surface area (Å²) < 4.78 is 0. The predicted molar refractivity (Wildman–Crippen MR) is 172 cm³/mol. The summed E-state index contributed by atoms with van der Waals surface area (Å²) in [6.07, 6.45) is 5.73. The third-order valence-electron chi connectivity index (χ3n) is 8.28. The average Bonchev–Trinajstić information content (AvgIpc) is 2.92. The number of rotatable bonds is 12. The first-order chi connectivity index (χ1) is 18.7. The van der Waals surface area contributed by atoms with Gasteiger partial charge in [0.05, 0.1) is 0 Å². The molecule has 0 aliphatic heterocycles. The molecule has 0 aliphatic rings. The zero-order chi connectivity index (χ0) is 27.9. The first-order valence-electron chi connectivity index (χ1n) is 14.6. The van der Waals surface area contributed by atoms with Crippen molar-refractivity contribution in [3.63, 3.8) is 0 Å². The highest BCUT2D eigenvalue weighted by Crippen LogP contribution is 2.31. The summed E-state index contributed by atoms with van der Waals surface area (Å²) >= 11 is 0. The lowest BCUT2D eigenvalue weighted by molar-refractivity contribution is 0.710. The maximum atomic E-state index is 7.21. The fourth-order valence-corrected chi connectivity index (χ4v) is 5.94. The standard InChI is InChI=1S/C35H44B2N2/c1-26-12-8-16-30(22-26)34(38,31-17-9-13-27(2)23-31)36-20-6-5-7-21-37-35(39,32-18-10-14-28(3)24-32)33-19-11-15-29(4)25-33/h8-19,22-25,36-37H,5-7,20-21,38-39H2,1-4H3. The molecule has 4 rings (SSSR count). The maximum Gasteiger partial charge on any atom is 0.157 e. The molecule has 0 spiro atoms. The molecule has 0 unspecified atom stereocenters. The van der Waals surface area contributed by atoms with Crippen LogP contribution in [0.5, 0.6) is 0 Å². The Bertz CT molecular complexity index is 1180. The molecule has 0 aliphatic carbocycles. The van der Waals surface area contributed by atoms with Gasteiger partial charge in [-0.05, 0) is 49.9 Å². The van der Waals surface area contributed by atoms with Gasteiger partial charge in [-0.3, -0.25) is 0 Å². The second-order valence-electron chi connectivity index (χ2n) is 11.7. The second-order valence-corrected chi connectivity index (χ2v) is 11.7. The molecular weight excluding hydrogens is 470 g/mol. The molecule has 0 saturated heterocycles. The van der Waals surface area contributed by atoms with Gasteiger partial charge in [-0.2, -0.15) is 0 Å². The van der Waals surface area contributed by atoms with E-state index in [9.17, 15) is 0 Å². The van der Waals surface area contributed by atoms with Crippen LogP contribution in [-0.4, -0.2) is 14.6 Å². The summed E-state index contributed by atoms with van der Waals surface area (Å²) in [5, 5.41) is 0. The van der Waals surface area contributed by atoms with Crippen LogP contribution in [0.1, 0.15) is 63.8 Å². The minimum atomic E-state index is -0.471. The number of hydrogen-bond acceptors (Lipinski definition) is 2. The van der Waals surface area contributed by atoms with E-state index in [1.54, 1.807) is 0 Å². The van der Waals surface area contributed by atoms with Crippen molar-refractivity contribution in [2.24, 2.45) is 11.5 Å². The summed E-state index contributed by atoms with van der Waals surface area (Å²) in [6.45, 7) is 8.58. The van der Waals surface area contributed by atoms with Crippen molar-refractivity contribution in [2.75, 3.05) is 0 Å². The van der Waals surface area contributed by atoms with E-state index in [4.69, 9.17) is 11.5 Å². The van der Waals surface area contributed by atoms with Crippen LogP contribution >= 0.6 is 0 Å². The Kier molecular flexibility index (Phi) is 9.53. The summed E-state index contributed by atoms with van der Waals surface area (Å²) in [5.41, 5.74) is 23.3. The van der Waals surface area contributed by atoms with Crippen molar-refractivity contribution in [3.8, 4) is 0 Å². The van der Waals surface area contributed by atoms with Crippen molar-refractivity contribution in [3.05, 3.63) is 142 Å². The number of benzene rings is 4. The normalized spacial score (nSPS) is 11.8. The fraction of sp³-hybridized carbons (Fsp3) is 0.314. The Morgan fingerprint density at radius 3 is 1.00 bits per heavy atom. The molecule has 2 nitrogen and oxygen atoms in total. The van der Waals surface area contributed by atoms with Crippen molar-refractivity contribution in [2.45, 2.75) is 70.5 Å². The minimum Gasteiger partial charge on any atom is -0.325 e. The van der Waals surface area contributed by atoms with Gasteiger partial charge in [0.25, 0.3) is 0 Å². The molecule has 0 aromatic heterocycles. The Morgan fingerprint density at radius 2 is 0.744 bits per heavy atom. The van der Waals surface area contributed by atoms with Crippen molar-refractivity contribution < 1.29 is 0 Å². The molecule has 4 aromatic carbocycles. The molecule has 0 saturated carbocycles. The van der Waals surface area contributed by atoms with E-state index in [1.807, 2.05) is 0 Å². The molecule has 0 atom stereocenters. The topological polar surface area (TPSA) is 52.0 Å².